The molecule has 0 radical (unpaired) electrons. The molecule has 0 aliphatic rings. The standard InChI is InChI=1S/C10H24N2O/c1-4-6-11-7-9-12(3)8-5-10(2)13/h10-11,13H,4-9H2,1-3H3. The number of nitrogens with zero attached hydrogens (tertiary/aromatic N) is 1. The van der Waals surface area contributed by atoms with Gasteiger partial charge in [-0.25, -0.2) is 0 Å². The predicted octanol–water partition coefficient (Wildman–Crippen LogP) is 0.689. The van der Waals surface area contributed by atoms with E-state index in [4.69, 9.17) is 5.11 Å². The molecule has 3 nitrogen and oxygen atoms in total. The van der Waals surface area contributed by atoms with E-state index in [0.717, 1.165) is 32.6 Å². The quantitative estimate of drug-likeness (QED) is 0.550. The maximum atomic E-state index is 9.07. The molecule has 0 amide bonds. The molecule has 0 aromatic heterocycles. The summed E-state index contributed by atoms with van der Waals surface area (Å²) in [6.07, 6.45) is 1.88. The third-order valence-corrected chi connectivity index (χ3v) is 2.03. The molecule has 0 spiro atoms. The Morgan fingerprint density at radius 2 is 2.00 bits per heavy atom. The number of likely N-dealkylation sites (N-methyl/N-ethyl adjacent to an activating group) is 1. The van der Waals surface area contributed by atoms with Gasteiger partial charge < -0.3 is 15.3 Å². The van der Waals surface area contributed by atoms with Gasteiger partial charge in [0.1, 0.15) is 0 Å². The topological polar surface area (TPSA) is 35.5 Å². The first-order valence-corrected chi connectivity index (χ1v) is 5.24. The van der Waals surface area contributed by atoms with Crippen LogP contribution in [0.1, 0.15) is 26.7 Å². The van der Waals surface area contributed by atoms with Crippen LogP contribution in [0.4, 0.5) is 0 Å². The molecule has 0 saturated heterocycles. The number of hydrogen-bond acceptors (Lipinski definition) is 3. The average Bonchev–Trinajstić information content (AvgIpc) is 2.09. The van der Waals surface area contributed by atoms with Gasteiger partial charge in [-0.05, 0) is 33.4 Å². The van der Waals surface area contributed by atoms with Crippen molar-refractivity contribution in [3.8, 4) is 0 Å². The van der Waals surface area contributed by atoms with E-state index in [1.807, 2.05) is 6.92 Å². The molecular weight excluding hydrogens is 164 g/mol. The Morgan fingerprint density at radius 1 is 1.31 bits per heavy atom. The lowest BCUT2D eigenvalue weighted by atomic mass is 10.3. The van der Waals surface area contributed by atoms with Gasteiger partial charge in [-0.1, -0.05) is 6.92 Å². The van der Waals surface area contributed by atoms with Gasteiger partial charge in [0.25, 0.3) is 0 Å². The monoisotopic (exact) mass is 188 g/mol. The summed E-state index contributed by atoms with van der Waals surface area (Å²) in [7, 11) is 2.09. The highest BCUT2D eigenvalue weighted by atomic mass is 16.3. The van der Waals surface area contributed by atoms with E-state index in [-0.39, 0.29) is 6.10 Å². The van der Waals surface area contributed by atoms with Crippen molar-refractivity contribution in [1.29, 1.82) is 0 Å². The maximum absolute atomic E-state index is 9.07. The Labute approximate surface area is 82.1 Å². The number of rotatable bonds is 8. The minimum absolute atomic E-state index is 0.175. The van der Waals surface area contributed by atoms with Gasteiger partial charge in [-0.2, -0.15) is 0 Å². The number of aliphatic hydroxyl groups is 1. The second-order valence-corrected chi connectivity index (χ2v) is 3.69. The Balaban J connectivity index is 3.15. The summed E-state index contributed by atoms with van der Waals surface area (Å²) < 4.78 is 0. The van der Waals surface area contributed by atoms with Crippen molar-refractivity contribution in [3.63, 3.8) is 0 Å². The molecule has 0 fully saturated rings. The Kier molecular flexibility index (Phi) is 8.40. The van der Waals surface area contributed by atoms with Crippen LogP contribution in [-0.2, 0) is 0 Å². The highest BCUT2D eigenvalue weighted by Gasteiger charge is 2.00. The third kappa shape index (κ3) is 9.80. The first kappa shape index (κ1) is 12.9. The molecule has 3 heteroatoms. The molecule has 13 heavy (non-hydrogen) atoms. The number of aliphatic hydroxyl groups excluding tert-OH is 1. The molecule has 2 N–H and O–H groups in total. The summed E-state index contributed by atoms with van der Waals surface area (Å²) >= 11 is 0. The first-order valence-electron chi connectivity index (χ1n) is 5.24. The number of hydrogen-bond donors (Lipinski definition) is 2. The van der Waals surface area contributed by atoms with Crippen LogP contribution in [0.15, 0.2) is 0 Å². The Morgan fingerprint density at radius 3 is 2.54 bits per heavy atom. The zero-order valence-electron chi connectivity index (χ0n) is 9.21. The van der Waals surface area contributed by atoms with E-state index in [9.17, 15) is 0 Å². The van der Waals surface area contributed by atoms with Gasteiger partial charge in [0.15, 0.2) is 0 Å². The molecule has 1 unspecified atom stereocenters. The summed E-state index contributed by atoms with van der Waals surface area (Å²) in [4.78, 5) is 2.25. The SMILES string of the molecule is CCCNCCN(C)CCC(C)O. The van der Waals surface area contributed by atoms with Crippen molar-refractivity contribution in [2.75, 3.05) is 33.2 Å². The molecule has 1 atom stereocenters. The number of nitrogens with one attached hydrogen (secondary N) is 1. The van der Waals surface area contributed by atoms with Crippen molar-refractivity contribution < 1.29 is 5.11 Å². The molecule has 80 valence electrons. The van der Waals surface area contributed by atoms with Gasteiger partial charge in [0.05, 0.1) is 6.10 Å². The van der Waals surface area contributed by atoms with Gasteiger partial charge in [0, 0.05) is 19.6 Å². The minimum Gasteiger partial charge on any atom is -0.393 e. The molecule has 0 heterocycles. The van der Waals surface area contributed by atoms with Gasteiger partial charge >= 0.3 is 0 Å². The van der Waals surface area contributed by atoms with Crippen molar-refractivity contribution in [3.05, 3.63) is 0 Å². The van der Waals surface area contributed by atoms with Crippen molar-refractivity contribution in [2.45, 2.75) is 32.8 Å². The van der Waals surface area contributed by atoms with Crippen molar-refractivity contribution >= 4 is 0 Å². The van der Waals surface area contributed by atoms with Gasteiger partial charge in [-0.15, -0.1) is 0 Å². The molecular formula is C10H24N2O. The summed E-state index contributed by atoms with van der Waals surface area (Å²) in [5, 5.41) is 12.4. The zero-order valence-corrected chi connectivity index (χ0v) is 9.21. The summed E-state index contributed by atoms with van der Waals surface area (Å²) in [5.41, 5.74) is 0. The van der Waals surface area contributed by atoms with Crippen LogP contribution in [0.2, 0.25) is 0 Å². The van der Waals surface area contributed by atoms with Crippen LogP contribution in [0.5, 0.6) is 0 Å². The maximum Gasteiger partial charge on any atom is 0.0524 e. The van der Waals surface area contributed by atoms with Crippen LogP contribution in [0.3, 0.4) is 0 Å². The lowest BCUT2D eigenvalue weighted by molar-refractivity contribution is 0.164. The lowest BCUT2D eigenvalue weighted by Gasteiger charge is -2.17. The van der Waals surface area contributed by atoms with Crippen LogP contribution in [-0.4, -0.2) is 49.3 Å². The normalized spacial score (nSPS) is 13.6. The van der Waals surface area contributed by atoms with E-state index in [0.29, 0.717) is 0 Å². The molecule has 0 rings (SSSR count). The average molecular weight is 188 g/mol. The van der Waals surface area contributed by atoms with E-state index >= 15 is 0 Å². The van der Waals surface area contributed by atoms with Gasteiger partial charge in [-0.3, -0.25) is 0 Å². The van der Waals surface area contributed by atoms with E-state index in [1.165, 1.54) is 6.42 Å². The Hall–Kier alpha value is -0.120. The van der Waals surface area contributed by atoms with Crippen LogP contribution < -0.4 is 5.32 Å². The second kappa shape index (κ2) is 8.48. The van der Waals surface area contributed by atoms with Crippen LogP contribution >= 0.6 is 0 Å². The van der Waals surface area contributed by atoms with E-state index in [1.54, 1.807) is 0 Å². The summed E-state index contributed by atoms with van der Waals surface area (Å²) in [6.45, 7) is 8.19. The fraction of sp³-hybridized carbons (Fsp3) is 1.00. The minimum atomic E-state index is -0.175. The van der Waals surface area contributed by atoms with Crippen molar-refractivity contribution in [2.24, 2.45) is 0 Å². The fourth-order valence-corrected chi connectivity index (χ4v) is 1.09. The smallest absolute Gasteiger partial charge is 0.0524 e. The molecule has 0 aromatic carbocycles. The Bertz CT molecular complexity index is 107. The molecule has 0 aliphatic carbocycles. The largest absolute Gasteiger partial charge is 0.393 e. The fourth-order valence-electron chi connectivity index (χ4n) is 1.09. The summed E-state index contributed by atoms with van der Waals surface area (Å²) in [5.74, 6) is 0. The zero-order chi connectivity index (χ0) is 10.1. The van der Waals surface area contributed by atoms with Crippen molar-refractivity contribution in [1.82, 2.24) is 10.2 Å². The molecule has 0 saturated carbocycles. The predicted molar refractivity (Wildman–Crippen MR) is 57.0 cm³/mol. The third-order valence-electron chi connectivity index (χ3n) is 2.03. The molecule has 0 aromatic rings. The lowest BCUT2D eigenvalue weighted by Crippen LogP contribution is -2.31. The van der Waals surface area contributed by atoms with Crippen LogP contribution in [0, 0.1) is 0 Å². The van der Waals surface area contributed by atoms with Gasteiger partial charge in [0.2, 0.25) is 0 Å². The first-order chi connectivity index (χ1) is 6.16. The van der Waals surface area contributed by atoms with Crippen LogP contribution in [0.25, 0.3) is 0 Å². The molecule has 0 bridgehead atoms. The summed E-state index contributed by atoms with van der Waals surface area (Å²) in [6, 6.07) is 0. The molecule has 0 aliphatic heterocycles. The highest BCUT2D eigenvalue weighted by Crippen LogP contribution is 1.91. The van der Waals surface area contributed by atoms with E-state index < -0.39 is 0 Å². The second-order valence-electron chi connectivity index (χ2n) is 3.69. The van der Waals surface area contributed by atoms with E-state index in [2.05, 4.69) is 24.2 Å². The highest BCUT2D eigenvalue weighted by molar-refractivity contribution is 4.57.